The van der Waals surface area contributed by atoms with Crippen LogP contribution in [0.25, 0.3) is 0 Å². The minimum Gasteiger partial charge on any atom is -0.338 e. The van der Waals surface area contributed by atoms with Crippen LogP contribution in [0.3, 0.4) is 0 Å². The summed E-state index contributed by atoms with van der Waals surface area (Å²) in [7, 11) is 0. The Bertz CT molecular complexity index is 514. The Balaban J connectivity index is 2.24. The van der Waals surface area contributed by atoms with Gasteiger partial charge in [0, 0.05) is 5.02 Å². The van der Waals surface area contributed by atoms with Gasteiger partial charge in [-0.05, 0) is 31.0 Å². The zero-order chi connectivity index (χ0) is 14.3. The number of halogens is 4. The summed E-state index contributed by atoms with van der Waals surface area (Å²) < 4.78 is 38.3. The molecule has 1 aliphatic rings. The van der Waals surface area contributed by atoms with Gasteiger partial charge in [-0.3, -0.25) is 10.6 Å². The summed E-state index contributed by atoms with van der Waals surface area (Å²) in [5.41, 5.74) is 0.321. The first-order valence-electron chi connectivity index (χ1n) is 5.44. The van der Waals surface area contributed by atoms with E-state index in [1.54, 1.807) is 0 Å². The Hall–Kier alpha value is -1.47. The Morgan fingerprint density at radius 2 is 2.00 bits per heavy atom. The maximum Gasteiger partial charge on any atom is 0.411 e. The average Bonchev–Trinajstić information content (AvgIpc) is 3.09. The van der Waals surface area contributed by atoms with Crippen molar-refractivity contribution in [3.05, 3.63) is 28.8 Å². The highest BCUT2D eigenvalue weighted by molar-refractivity contribution is 6.31. The first kappa shape index (κ1) is 14.0. The summed E-state index contributed by atoms with van der Waals surface area (Å²) in [5, 5.41) is 2.24. The molecule has 8 heteroatoms. The third-order valence-corrected chi connectivity index (χ3v) is 3.26. The zero-order valence-electron chi connectivity index (χ0n) is 9.64. The largest absolute Gasteiger partial charge is 0.411 e. The first-order chi connectivity index (χ1) is 8.79. The van der Waals surface area contributed by atoms with E-state index in [-0.39, 0.29) is 29.1 Å². The van der Waals surface area contributed by atoms with Crippen molar-refractivity contribution in [3.8, 4) is 0 Å². The van der Waals surface area contributed by atoms with Crippen LogP contribution in [0.1, 0.15) is 23.2 Å². The van der Waals surface area contributed by atoms with Crippen LogP contribution < -0.4 is 16.6 Å². The number of amides is 1. The molecule has 0 unspecified atom stereocenters. The standard InChI is InChI=1S/C11H11ClF3N3O/c12-6-1-2-8(18-16)7(5-6)9(19)17-10(3-4-10)11(13,14)15/h1-2,5,18H,3-4,16H2,(H,17,19). The van der Waals surface area contributed by atoms with Crippen LogP contribution in [0.4, 0.5) is 18.9 Å². The molecule has 19 heavy (non-hydrogen) atoms. The third-order valence-electron chi connectivity index (χ3n) is 3.03. The van der Waals surface area contributed by atoms with Crippen molar-refractivity contribution in [1.29, 1.82) is 0 Å². The van der Waals surface area contributed by atoms with Crippen LogP contribution in [0.15, 0.2) is 18.2 Å². The van der Waals surface area contributed by atoms with Crippen molar-refractivity contribution in [2.45, 2.75) is 24.6 Å². The van der Waals surface area contributed by atoms with Gasteiger partial charge in [0.1, 0.15) is 5.54 Å². The van der Waals surface area contributed by atoms with E-state index in [0.717, 1.165) is 0 Å². The molecule has 0 saturated heterocycles. The van der Waals surface area contributed by atoms with Crippen molar-refractivity contribution in [1.82, 2.24) is 5.32 Å². The highest BCUT2D eigenvalue weighted by Crippen LogP contribution is 2.49. The highest BCUT2D eigenvalue weighted by atomic mass is 35.5. The van der Waals surface area contributed by atoms with Gasteiger partial charge < -0.3 is 10.7 Å². The van der Waals surface area contributed by atoms with Gasteiger partial charge in [0.05, 0.1) is 11.3 Å². The molecule has 0 aliphatic heterocycles. The van der Waals surface area contributed by atoms with Crippen LogP contribution in [0, 0.1) is 0 Å². The molecule has 0 aromatic heterocycles. The molecule has 104 valence electrons. The predicted octanol–water partition coefficient (Wildman–Crippen LogP) is 2.45. The van der Waals surface area contributed by atoms with E-state index < -0.39 is 17.6 Å². The maximum absolute atomic E-state index is 12.8. The zero-order valence-corrected chi connectivity index (χ0v) is 10.4. The van der Waals surface area contributed by atoms with Gasteiger partial charge >= 0.3 is 6.18 Å². The second-order valence-corrected chi connectivity index (χ2v) is 4.80. The first-order valence-corrected chi connectivity index (χ1v) is 5.82. The molecule has 0 bridgehead atoms. The predicted molar refractivity (Wildman–Crippen MR) is 64.7 cm³/mol. The molecule has 1 saturated carbocycles. The summed E-state index contributed by atoms with van der Waals surface area (Å²) in [4.78, 5) is 11.9. The van der Waals surface area contributed by atoms with Crippen LogP contribution in [0.5, 0.6) is 0 Å². The van der Waals surface area contributed by atoms with Gasteiger partial charge in [-0.25, -0.2) is 0 Å². The summed E-state index contributed by atoms with van der Waals surface area (Å²) in [5.74, 6) is 4.35. The van der Waals surface area contributed by atoms with Gasteiger partial charge in [-0.2, -0.15) is 13.2 Å². The normalized spacial score (nSPS) is 16.9. The molecule has 1 fully saturated rings. The van der Waals surface area contributed by atoms with E-state index >= 15 is 0 Å². The lowest BCUT2D eigenvalue weighted by Crippen LogP contribution is -2.48. The minimum absolute atomic E-state index is 0.0227. The van der Waals surface area contributed by atoms with Crippen LogP contribution in [-0.2, 0) is 0 Å². The van der Waals surface area contributed by atoms with Gasteiger partial charge in [0.15, 0.2) is 0 Å². The lowest BCUT2D eigenvalue weighted by Gasteiger charge is -2.21. The molecular formula is C11H11ClF3N3O. The van der Waals surface area contributed by atoms with Crippen molar-refractivity contribution in [3.63, 3.8) is 0 Å². The molecule has 1 aromatic carbocycles. The van der Waals surface area contributed by atoms with Crippen molar-refractivity contribution >= 4 is 23.2 Å². The minimum atomic E-state index is -4.46. The lowest BCUT2D eigenvalue weighted by atomic mass is 10.1. The van der Waals surface area contributed by atoms with Crippen molar-refractivity contribution < 1.29 is 18.0 Å². The van der Waals surface area contributed by atoms with E-state index in [9.17, 15) is 18.0 Å². The fraction of sp³-hybridized carbons (Fsp3) is 0.364. The third kappa shape index (κ3) is 2.62. The molecule has 1 aliphatic carbocycles. The number of alkyl halides is 3. The molecule has 0 radical (unpaired) electrons. The number of nitrogen functional groups attached to an aromatic ring is 1. The summed E-state index contributed by atoms with van der Waals surface area (Å²) in [6.07, 6.45) is -4.69. The van der Waals surface area contributed by atoms with Crippen molar-refractivity contribution in [2.24, 2.45) is 5.84 Å². The number of hydrogen-bond acceptors (Lipinski definition) is 3. The Morgan fingerprint density at radius 3 is 2.47 bits per heavy atom. The van der Waals surface area contributed by atoms with Crippen LogP contribution in [0.2, 0.25) is 5.02 Å². The topological polar surface area (TPSA) is 67.1 Å². The molecule has 1 amide bonds. The molecule has 1 aromatic rings. The lowest BCUT2D eigenvalue weighted by molar-refractivity contribution is -0.163. The number of rotatable bonds is 3. The second kappa shape index (κ2) is 4.57. The van der Waals surface area contributed by atoms with Crippen LogP contribution in [-0.4, -0.2) is 17.6 Å². The number of nitrogens with two attached hydrogens (primary N) is 1. The SMILES string of the molecule is NNc1ccc(Cl)cc1C(=O)NC1(C(F)(F)F)CC1. The molecule has 2 rings (SSSR count). The van der Waals surface area contributed by atoms with E-state index in [1.165, 1.54) is 18.2 Å². The fourth-order valence-electron chi connectivity index (χ4n) is 1.72. The number of anilines is 1. The smallest absolute Gasteiger partial charge is 0.338 e. The Morgan fingerprint density at radius 1 is 1.37 bits per heavy atom. The molecule has 4 nitrogen and oxygen atoms in total. The average molecular weight is 294 g/mol. The Kier molecular flexibility index (Phi) is 3.36. The number of carbonyl (C=O) groups is 1. The number of hydrazine groups is 1. The van der Waals surface area contributed by atoms with Gasteiger partial charge in [0.2, 0.25) is 0 Å². The van der Waals surface area contributed by atoms with E-state index in [1.807, 2.05) is 5.32 Å². The second-order valence-electron chi connectivity index (χ2n) is 4.37. The highest BCUT2D eigenvalue weighted by Gasteiger charge is 2.64. The van der Waals surface area contributed by atoms with E-state index in [2.05, 4.69) is 5.43 Å². The molecular weight excluding hydrogens is 283 g/mol. The quantitative estimate of drug-likeness (QED) is 0.592. The number of nitrogens with one attached hydrogen (secondary N) is 2. The molecule has 0 heterocycles. The van der Waals surface area contributed by atoms with E-state index in [0.29, 0.717) is 0 Å². The van der Waals surface area contributed by atoms with Gasteiger partial charge in [0.25, 0.3) is 5.91 Å². The van der Waals surface area contributed by atoms with Crippen molar-refractivity contribution in [2.75, 3.05) is 5.43 Å². The molecule has 0 spiro atoms. The number of carbonyl (C=O) groups excluding carboxylic acids is 1. The van der Waals surface area contributed by atoms with Crippen LogP contribution >= 0.6 is 11.6 Å². The molecule has 4 N–H and O–H groups in total. The van der Waals surface area contributed by atoms with Gasteiger partial charge in [-0.15, -0.1) is 0 Å². The number of benzene rings is 1. The van der Waals surface area contributed by atoms with Gasteiger partial charge in [-0.1, -0.05) is 11.6 Å². The summed E-state index contributed by atoms with van der Waals surface area (Å²) in [6, 6.07) is 4.16. The monoisotopic (exact) mass is 293 g/mol. The Labute approximate surface area is 112 Å². The van der Waals surface area contributed by atoms with E-state index in [4.69, 9.17) is 17.4 Å². The summed E-state index contributed by atoms with van der Waals surface area (Å²) >= 11 is 5.72. The maximum atomic E-state index is 12.8. The molecule has 0 atom stereocenters. The fourth-order valence-corrected chi connectivity index (χ4v) is 1.89. The summed E-state index contributed by atoms with van der Waals surface area (Å²) in [6.45, 7) is 0. The number of hydrogen-bond donors (Lipinski definition) is 3.